The summed E-state index contributed by atoms with van der Waals surface area (Å²) in [6.07, 6.45) is 6.27. The van der Waals surface area contributed by atoms with Gasteiger partial charge in [0.2, 0.25) is 17.7 Å². The molecule has 0 aliphatic heterocycles. The first-order valence-corrected chi connectivity index (χ1v) is 8.72. The van der Waals surface area contributed by atoms with Crippen LogP contribution in [0.15, 0.2) is 67.6 Å². The molecule has 0 saturated heterocycles. The molecule has 0 atom stereocenters. The third-order valence-corrected chi connectivity index (χ3v) is 4.12. The van der Waals surface area contributed by atoms with Crippen LogP contribution in [0.1, 0.15) is 0 Å². The van der Waals surface area contributed by atoms with Crippen molar-refractivity contribution in [3.8, 4) is 28.6 Å². The molecule has 0 fully saturated rings. The van der Waals surface area contributed by atoms with Crippen molar-refractivity contribution in [3.05, 3.63) is 67.6 Å². The van der Waals surface area contributed by atoms with Gasteiger partial charge in [0.05, 0.1) is 13.3 Å². The lowest BCUT2D eigenvalue weighted by Gasteiger charge is -2.07. The Labute approximate surface area is 166 Å². The molecule has 0 saturated carbocycles. The van der Waals surface area contributed by atoms with Crippen LogP contribution in [-0.2, 0) is 4.79 Å². The highest BCUT2D eigenvalue weighted by molar-refractivity contribution is 5.99. The highest BCUT2D eigenvalue weighted by Crippen LogP contribution is 2.29. The van der Waals surface area contributed by atoms with E-state index in [9.17, 15) is 4.79 Å². The lowest BCUT2D eigenvalue weighted by Crippen LogP contribution is -2.07. The van der Waals surface area contributed by atoms with Crippen LogP contribution in [0.3, 0.4) is 0 Å². The molecule has 1 aromatic carbocycles. The van der Waals surface area contributed by atoms with E-state index >= 15 is 0 Å². The zero-order valence-electron chi connectivity index (χ0n) is 15.5. The number of fused-ring (bicyclic) bond motifs is 1. The Kier molecular flexibility index (Phi) is 4.90. The number of aromatic amines is 1. The first-order chi connectivity index (χ1) is 14.2. The Morgan fingerprint density at radius 2 is 2.07 bits per heavy atom. The maximum absolute atomic E-state index is 11.5. The lowest BCUT2D eigenvalue weighted by atomic mass is 10.1. The SMILES string of the molecule is C=CC(=O)Nc1cccc(Oc2cnc3[nH]cc(-c4ccc(OC)nc4)c3n2)c1. The number of nitrogens with one attached hydrogen (secondary N) is 2. The molecule has 0 spiro atoms. The standard InChI is InChI=1S/C21H17N5O3/c1-3-17(27)25-14-5-4-6-15(9-14)29-19-12-24-21-20(26-19)16(11-23-21)13-7-8-18(28-2)22-10-13/h3-12H,1H2,2H3,(H,23,24)(H,25,27). The van der Waals surface area contributed by atoms with Gasteiger partial charge < -0.3 is 19.8 Å². The summed E-state index contributed by atoms with van der Waals surface area (Å²) in [5.74, 6) is 1.08. The van der Waals surface area contributed by atoms with E-state index in [2.05, 4.69) is 31.8 Å². The van der Waals surface area contributed by atoms with Crippen LogP contribution >= 0.6 is 0 Å². The molecule has 1 amide bonds. The van der Waals surface area contributed by atoms with E-state index in [0.717, 1.165) is 11.1 Å². The molecular weight excluding hydrogens is 370 g/mol. The molecule has 2 N–H and O–H groups in total. The first-order valence-electron chi connectivity index (χ1n) is 8.72. The Morgan fingerprint density at radius 1 is 1.17 bits per heavy atom. The summed E-state index contributed by atoms with van der Waals surface area (Å²) in [4.78, 5) is 27.8. The summed E-state index contributed by atoms with van der Waals surface area (Å²) < 4.78 is 10.9. The van der Waals surface area contributed by atoms with Gasteiger partial charge in [0.15, 0.2) is 5.65 Å². The number of carbonyl (C=O) groups is 1. The minimum Gasteiger partial charge on any atom is -0.481 e. The summed E-state index contributed by atoms with van der Waals surface area (Å²) in [5.41, 5.74) is 3.60. The summed E-state index contributed by atoms with van der Waals surface area (Å²) in [5, 5.41) is 2.69. The summed E-state index contributed by atoms with van der Waals surface area (Å²) in [7, 11) is 1.57. The van der Waals surface area contributed by atoms with Crippen molar-refractivity contribution < 1.29 is 14.3 Å². The Balaban J connectivity index is 1.63. The van der Waals surface area contributed by atoms with Gasteiger partial charge >= 0.3 is 0 Å². The van der Waals surface area contributed by atoms with Crippen LogP contribution in [-0.4, -0.2) is 33.0 Å². The van der Waals surface area contributed by atoms with Crippen LogP contribution in [0, 0.1) is 0 Å². The van der Waals surface area contributed by atoms with Gasteiger partial charge in [-0.1, -0.05) is 12.6 Å². The minimum atomic E-state index is -0.298. The Bertz CT molecular complexity index is 1180. The van der Waals surface area contributed by atoms with Gasteiger partial charge in [0.25, 0.3) is 0 Å². The van der Waals surface area contributed by atoms with Crippen molar-refractivity contribution in [2.24, 2.45) is 0 Å². The molecular formula is C21H17N5O3. The van der Waals surface area contributed by atoms with Gasteiger partial charge in [-0.25, -0.2) is 15.0 Å². The normalized spacial score (nSPS) is 10.5. The fourth-order valence-corrected chi connectivity index (χ4v) is 2.76. The third kappa shape index (κ3) is 3.91. The van der Waals surface area contributed by atoms with Crippen LogP contribution in [0.25, 0.3) is 22.3 Å². The molecule has 8 heteroatoms. The molecule has 0 aliphatic carbocycles. The molecule has 29 heavy (non-hydrogen) atoms. The summed E-state index contributed by atoms with van der Waals surface area (Å²) in [6.45, 7) is 3.44. The molecule has 4 rings (SSSR count). The predicted molar refractivity (Wildman–Crippen MR) is 109 cm³/mol. The van der Waals surface area contributed by atoms with Crippen molar-refractivity contribution in [2.75, 3.05) is 12.4 Å². The fourth-order valence-electron chi connectivity index (χ4n) is 2.76. The van der Waals surface area contributed by atoms with Gasteiger partial charge in [-0.05, 0) is 24.3 Å². The number of anilines is 1. The van der Waals surface area contributed by atoms with E-state index in [4.69, 9.17) is 9.47 Å². The van der Waals surface area contributed by atoms with Crippen molar-refractivity contribution >= 4 is 22.8 Å². The highest BCUT2D eigenvalue weighted by Gasteiger charge is 2.12. The number of methoxy groups -OCH3 is 1. The van der Waals surface area contributed by atoms with E-state index in [1.165, 1.54) is 12.3 Å². The molecule has 0 aliphatic rings. The number of nitrogens with zero attached hydrogens (tertiary/aromatic N) is 3. The highest BCUT2D eigenvalue weighted by atomic mass is 16.5. The Hall–Kier alpha value is -4.20. The van der Waals surface area contributed by atoms with E-state index in [1.54, 1.807) is 43.6 Å². The first kappa shape index (κ1) is 18.2. The summed E-state index contributed by atoms with van der Waals surface area (Å²) >= 11 is 0. The average molecular weight is 387 g/mol. The largest absolute Gasteiger partial charge is 0.481 e. The second-order valence-corrected chi connectivity index (χ2v) is 6.02. The number of benzene rings is 1. The van der Waals surface area contributed by atoms with Crippen LogP contribution < -0.4 is 14.8 Å². The molecule has 144 valence electrons. The van der Waals surface area contributed by atoms with E-state index in [0.29, 0.717) is 34.4 Å². The van der Waals surface area contributed by atoms with Crippen molar-refractivity contribution in [1.82, 2.24) is 19.9 Å². The number of carbonyl (C=O) groups excluding carboxylic acids is 1. The molecule has 0 bridgehead atoms. The van der Waals surface area contributed by atoms with Crippen LogP contribution in [0.4, 0.5) is 5.69 Å². The van der Waals surface area contributed by atoms with Crippen LogP contribution in [0.5, 0.6) is 17.5 Å². The predicted octanol–water partition coefficient (Wildman–Crippen LogP) is 3.95. The van der Waals surface area contributed by atoms with E-state index in [1.807, 2.05) is 12.3 Å². The number of aromatic nitrogens is 4. The third-order valence-electron chi connectivity index (χ3n) is 4.12. The van der Waals surface area contributed by atoms with Crippen LogP contribution in [0.2, 0.25) is 0 Å². The summed E-state index contributed by atoms with van der Waals surface area (Å²) in [6, 6.07) is 10.7. The zero-order valence-corrected chi connectivity index (χ0v) is 15.5. The maximum Gasteiger partial charge on any atom is 0.247 e. The number of rotatable bonds is 6. The topological polar surface area (TPSA) is 102 Å². The second-order valence-electron chi connectivity index (χ2n) is 6.02. The molecule has 8 nitrogen and oxygen atoms in total. The number of hydrogen-bond donors (Lipinski definition) is 2. The molecule has 3 heterocycles. The second kappa shape index (κ2) is 7.81. The Morgan fingerprint density at radius 3 is 2.83 bits per heavy atom. The number of hydrogen-bond acceptors (Lipinski definition) is 6. The van der Waals surface area contributed by atoms with E-state index < -0.39 is 0 Å². The lowest BCUT2D eigenvalue weighted by molar-refractivity contribution is -0.111. The number of pyridine rings is 1. The van der Waals surface area contributed by atoms with Gasteiger partial charge in [-0.15, -0.1) is 0 Å². The van der Waals surface area contributed by atoms with Gasteiger partial charge in [-0.3, -0.25) is 4.79 Å². The van der Waals surface area contributed by atoms with Gasteiger partial charge in [-0.2, -0.15) is 0 Å². The van der Waals surface area contributed by atoms with Crippen molar-refractivity contribution in [2.45, 2.75) is 0 Å². The van der Waals surface area contributed by atoms with E-state index in [-0.39, 0.29) is 5.91 Å². The fraction of sp³-hybridized carbons (Fsp3) is 0.0476. The minimum absolute atomic E-state index is 0.298. The average Bonchev–Trinajstić information content (AvgIpc) is 3.17. The molecule has 0 radical (unpaired) electrons. The van der Waals surface area contributed by atoms with Crippen molar-refractivity contribution in [1.29, 1.82) is 0 Å². The molecule has 3 aromatic heterocycles. The number of H-pyrrole nitrogens is 1. The smallest absolute Gasteiger partial charge is 0.247 e. The number of ether oxygens (including phenoxy) is 2. The quantitative estimate of drug-likeness (QED) is 0.486. The molecule has 0 unspecified atom stereocenters. The zero-order chi connectivity index (χ0) is 20.2. The van der Waals surface area contributed by atoms with Gasteiger partial charge in [0.1, 0.15) is 11.3 Å². The maximum atomic E-state index is 11.5. The van der Waals surface area contributed by atoms with Gasteiger partial charge in [0, 0.05) is 41.3 Å². The monoisotopic (exact) mass is 387 g/mol. The van der Waals surface area contributed by atoms with Crippen molar-refractivity contribution in [3.63, 3.8) is 0 Å². The number of amides is 1. The molecule has 4 aromatic rings.